The molecule has 1 aromatic carbocycles. The highest BCUT2D eigenvalue weighted by Crippen LogP contribution is 2.32. The third kappa shape index (κ3) is 4.53. The average Bonchev–Trinajstić information content (AvgIpc) is 2.88. The zero-order valence-corrected chi connectivity index (χ0v) is 12.7. The number of carboxylic acid groups (broad SMARTS) is 1. The van der Waals surface area contributed by atoms with Crippen molar-refractivity contribution < 1.29 is 29.1 Å². The van der Waals surface area contributed by atoms with Crippen LogP contribution in [0.3, 0.4) is 0 Å². The van der Waals surface area contributed by atoms with Gasteiger partial charge >= 0.3 is 5.97 Å². The van der Waals surface area contributed by atoms with Gasteiger partial charge in [-0.3, -0.25) is 0 Å². The van der Waals surface area contributed by atoms with E-state index in [1.165, 1.54) is 6.08 Å². The monoisotopic (exact) mass is 306 g/mol. The molecule has 6 nitrogen and oxygen atoms in total. The van der Waals surface area contributed by atoms with Crippen LogP contribution in [0.25, 0.3) is 6.08 Å². The van der Waals surface area contributed by atoms with Crippen molar-refractivity contribution in [3.8, 4) is 11.5 Å². The summed E-state index contributed by atoms with van der Waals surface area (Å²) in [7, 11) is 0. The standard InChI is InChI=1S/C16H18O6/c1-16(2,3)22-21-13(15(17)18)6-4-5-11-7-8-12-14(9-11)20-10-19-12/h4-9H,10H2,1-3H3,(H,17,18). The number of carbonyl (C=O) groups is 1. The van der Waals surface area contributed by atoms with Gasteiger partial charge in [0.15, 0.2) is 11.5 Å². The van der Waals surface area contributed by atoms with Crippen molar-refractivity contribution in [1.29, 1.82) is 0 Å². The molecule has 0 aromatic heterocycles. The summed E-state index contributed by atoms with van der Waals surface area (Å²) >= 11 is 0. The van der Waals surface area contributed by atoms with Crippen LogP contribution in [0.4, 0.5) is 0 Å². The zero-order chi connectivity index (χ0) is 16.2. The quantitative estimate of drug-likeness (QED) is 0.296. The fraction of sp³-hybridized carbons (Fsp3) is 0.312. The van der Waals surface area contributed by atoms with Gasteiger partial charge in [-0.25, -0.2) is 4.79 Å². The molecule has 6 heteroatoms. The molecular formula is C16H18O6. The third-order valence-electron chi connectivity index (χ3n) is 2.53. The minimum Gasteiger partial charge on any atom is -0.475 e. The Bertz CT molecular complexity index is 610. The molecule has 0 saturated heterocycles. The average molecular weight is 306 g/mol. The molecule has 1 aliphatic rings. The van der Waals surface area contributed by atoms with E-state index in [2.05, 4.69) is 0 Å². The Morgan fingerprint density at radius 3 is 2.68 bits per heavy atom. The first-order chi connectivity index (χ1) is 10.3. The van der Waals surface area contributed by atoms with E-state index in [0.29, 0.717) is 11.5 Å². The van der Waals surface area contributed by atoms with Crippen LogP contribution in [0, 0.1) is 0 Å². The molecule has 1 N–H and O–H groups in total. The molecule has 1 heterocycles. The van der Waals surface area contributed by atoms with Crippen molar-refractivity contribution in [3.63, 3.8) is 0 Å². The molecule has 1 aromatic rings. The van der Waals surface area contributed by atoms with Crippen molar-refractivity contribution in [2.75, 3.05) is 6.79 Å². The number of ether oxygens (including phenoxy) is 2. The second-order valence-corrected chi connectivity index (χ2v) is 5.59. The van der Waals surface area contributed by atoms with Crippen LogP contribution in [-0.4, -0.2) is 23.5 Å². The minimum atomic E-state index is -1.21. The second-order valence-electron chi connectivity index (χ2n) is 5.59. The summed E-state index contributed by atoms with van der Waals surface area (Å²) in [6.07, 6.45) is 4.61. The summed E-state index contributed by atoms with van der Waals surface area (Å²) in [5.41, 5.74) is 0.247. The van der Waals surface area contributed by atoms with Crippen LogP contribution in [-0.2, 0) is 14.6 Å². The highest BCUT2D eigenvalue weighted by Gasteiger charge is 2.17. The molecule has 118 valence electrons. The molecule has 0 saturated carbocycles. The van der Waals surface area contributed by atoms with Gasteiger partial charge in [0.25, 0.3) is 0 Å². The number of benzene rings is 1. The Hall–Kier alpha value is -2.47. The summed E-state index contributed by atoms with van der Waals surface area (Å²) in [6, 6.07) is 5.44. The van der Waals surface area contributed by atoms with Gasteiger partial charge < -0.3 is 19.5 Å². The first-order valence-electron chi connectivity index (χ1n) is 6.72. The molecule has 1 aliphatic heterocycles. The summed E-state index contributed by atoms with van der Waals surface area (Å²) in [5.74, 6) is -0.149. The predicted octanol–water partition coefficient (Wildman–Crippen LogP) is 3.14. The predicted molar refractivity (Wildman–Crippen MR) is 79.2 cm³/mol. The van der Waals surface area contributed by atoms with Gasteiger partial charge in [0.05, 0.1) is 0 Å². The maximum atomic E-state index is 11.1. The molecule has 0 fully saturated rings. The Balaban J connectivity index is 2.05. The largest absolute Gasteiger partial charge is 0.475 e. The molecule has 0 amide bonds. The lowest BCUT2D eigenvalue weighted by Gasteiger charge is -2.17. The molecule has 0 atom stereocenters. The van der Waals surface area contributed by atoms with Gasteiger partial charge in [-0.15, -0.1) is 0 Å². The SMILES string of the molecule is CC(C)(C)OOC(=CC=Cc1ccc2c(c1)OCO2)C(=O)O. The molecule has 22 heavy (non-hydrogen) atoms. The number of fused-ring (bicyclic) bond motifs is 1. The van der Waals surface area contributed by atoms with E-state index < -0.39 is 11.6 Å². The minimum absolute atomic E-state index is 0.212. The molecule has 0 radical (unpaired) electrons. The highest BCUT2D eigenvalue weighted by atomic mass is 17.2. The van der Waals surface area contributed by atoms with E-state index >= 15 is 0 Å². The second kappa shape index (κ2) is 6.53. The smallest absolute Gasteiger partial charge is 0.375 e. The van der Waals surface area contributed by atoms with Crippen molar-refractivity contribution in [1.82, 2.24) is 0 Å². The Kier molecular flexibility index (Phi) is 4.72. The van der Waals surface area contributed by atoms with E-state index in [0.717, 1.165) is 5.56 Å². The van der Waals surface area contributed by atoms with Gasteiger partial charge in [-0.1, -0.05) is 18.2 Å². The first kappa shape index (κ1) is 15.9. The normalized spacial score (nSPS) is 14.4. The van der Waals surface area contributed by atoms with Crippen molar-refractivity contribution in [2.24, 2.45) is 0 Å². The van der Waals surface area contributed by atoms with E-state index in [9.17, 15) is 4.79 Å². The number of carboxylic acids is 1. The summed E-state index contributed by atoms with van der Waals surface area (Å²) in [4.78, 5) is 20.9. The highest BCUT2D eigenvalue weighted by molar-refractivity contribution is 5.84. The first-order valence-corrected chi connectivity index (χ1v) is 6.72. The van der Waals surface area contributed by atoms with Gasteiger partial charge in [0.2, 0.25) is 12.6 Å². The van der Waals surface area contributed by atoms with Crippen LogP contribution < -0.4 is 9.47 Å². The van der Waals surface area contributed by atoms with Gasteiger partial charge in [0.1, 0.15) is 5.60 Å². The van der Waals surface area contributed by atoms with E-state index in [4.69, 9.17) is 24.4 Å². The molecular weight excluding hydrogens is 288 g/mol. The Morgan fingerprint density at radius 2 is 2.00 bits per heavy atom. The van der Waals surface area contributed by atoms with Crippen LogP contribution in [0.5, 0.6) is 11.5 Å². The van der Waals surface area contributed by atoms with E-state index in [1.54, 1.807) is 45.1 Å². The fourth-order valence-corrected chi connectivity index (χ4v) is 1.57. The van der Waals surface area contributed by atoms with Crippen LogP contribution in [0.1, 0.15) is 26.3 Å². The lowest BCUT2D eigenvalue weighted by atomic mass is 10.2. The van der Waals surface area contributed by atoms with Crippen molar-refractivity contribution in [2.45, 2.75) is 26.4 Å². The third-order valence-corrected chi connectivity index (χ3v) is 2.53. The maximum absolute atomic E-state index is 11.1. The van der Waals surface area contributed by atoms with Gasteiger partial charge in [0, 0.05) is 0 Å². The Morgan fingerprint density at radius 1 is 1.27 bits per heavy atom. The zero-order valence-electron chi connectivity index (χ0n) is 12.7. The van der Waals surface area contributed by atoms with E-state index in [1.807, 2.05) is 6.07 Å². The number of aliphatic carboxylic acids is 1. The molecule has 2 rings (SSSR count). The van der Waals surface area contributed by atoms with Gasteiger partial charge in [-0.2, -0.15) is 4.89 Å². The van der Waals surface area contributed by atoms with Crippen LogP contribution in [0.2, 0.25) is 0 Å². The fourth-order valence-electron chi connectivity index (χ4n) is 1.57. The summed E-state index contributed by atoms with van der Waals surface area (Å²) in [6.45, 7) is 5.49. The van der Waals surface area contributed by atoms with Crippen molar-refractivity contribution in [3.05, 3.63) is 41.7 Å². The summed E-state index contributed by atoms with van der Waals surface area (Å²) < 4.78 is 10.5. The van der Waals surface area contributed by atoms with Crippen LogP contribution in [0.15, 0.2) is 36.1 Å². The van der Waals surface area contributed by atoms with Crippen molar-refractivity contribution >= 4 is 12.0 Å². The number of allylic oxidation sites excluding steroid dienone is 2. The number of rotatable bonds is 5. The molecule has 0 unspecified atom stereocenters. The Labute approximate surface area is 128 Å². The van der Waals surface area contributed by atoms with Crippen LogP contribution >= 0.6 is 0 Å². The topological polar surface area (TPSA) is 74.2 Å². The maximum Gasteiger partial charge on any atom is 0.375 e. The molecule has 0 spiro atoms. The lowest BCUT2D eigenvalue weighted by molar-refractivity contribution is -0.320. The van der Waals surface area contributed by atoms with Gasteiger partial charge in [-0.05, 0) is 44.5 Å². The molecule has 0 bridgehead atoms. The number of hydrogen-bond donors (Lipinski definition) is 1. The van der Waals surface area contributed by atoms with E-state index in [-0.39, 0.29) is 12.6 Å². The lowest BCUT2D eigenvalue weighted by Crippen LogP contribution is -2.20. The summed E-state index contributed by atoms with van der Waals surface area (Å²) in [5, 5.41) is 9.05. The number of hydrogen-bond acceptors (Lipinski definition) is 5. The molecule has 0 aliphatic carbocycles.